The van der Waals surface area contributed by atoms with Crippen LogP contribution >= 0.6 is 11.6 Å². The van der Waals surface area contributed by atoms with Crippen LogP contribution in [0.1, 0.15) is 10.4 Å². The number of halogens is 1. The number of hydrogen-bond acceptors (Lipinski definition) is 4. The van der Waals surface area contributed by atoms with Gasteiger partial charge in [0.1, 0.15) is 11.8 Å². The lowest BCUT2D eigenvalue weighted by molar-refractivity contribution is 0.0687. The fourth-order valence-electron chi connectivity index (χ4n) is 1.87. The van der Waals surface area contributed by atoms with Crippen LogP contribution in [0.3, 0.4) is 0 Å². The van der Waals surface area contributed by atoms with Crippen molar-refractivity contribution in [1.82, 2.24) is 10.2 Å². The fraction of sp³-hybridized carbons (Fsp3) is 0.333. The van der Waals surface area contributed by atoms with Crippen LogP contribution in [-0.4, -0.2) is 41.6 Å². The van der Waals surface area contributed by atoms with Crippen molar-refractivity contribution in [1.29, 1.82) is 5.26 Å². The normalized spacial score (nSPS) is 19.3. The molecule has 1 aliphatic heterocycles. The Morgan fingerprint density at radius 2 is 2.39 bits per heavy atom. The van der Waals surface area contributed by atoms with Gasteiger partial charge in [0.05, 0.1) is 11.1 Å². The van der Waals surface area contributed by atoms with Crippen molar-refractivity contribution in [3.05, 3.63) is 28.8 Å². The standard InChI is InChI=1S/C12H12ClN3O2/c13-10-5-8(1-2-11(10)17)12(18)16-4-3-15-7-9(16)6-14/h1-2,5,9,15,17H,3-4,7H2. The highest BCUT2D eigenvalue weighted by atomic mass is 35.5. The van der Waals surface area contributed by atoms with E-state index in [2.05, 4.69) is 11.4 Å². The second-order valence-electron chi connectivity index (χ2n) is 4.01. The maximum atomic E-state index is 12.2. The lowest BCUT2D eigenvalue weighted by Gasteiger charge is -2.32. The monoisotopic (exact) mass is 265 g/mol. The molecular weight excluding hydrogens is 254 g/mol. The minimum absolute atomic E-state index is 0.0645. The number of rotatable bonds is 1. The SMILES string of the molecule is N#CC1CNCCN1C(=O)c1ccc(O)c(Cl)c1. The van der Waals surface area contributed by atoms with Crippen LogP contribution in [0.15, 0.2) is 18.2 Å². The molecule has 1 fully saturated rings. The third-order valence-electron chi connectivity index (χ3n) is 2.85. The number of piperazine rings is 1. The average molecular weight is 266 g/mol. The molecule has 2 rings (SSSR count). The molecule has 1 aliphatic rings. The third kappa shape index (κ3) is 2.40. The number of phenols is 1. The van der Waals surface area contributed by atoms with Gasteiger partial charge in [-0.05, 0) is 18.2 Å². The molecule has 1 heterocycles. The quantitative estimate of drug-likeness (QED) is 0.794. The molecule has 94 valence electrons. The van der Waals surface area contributed by atoms with E-state index in [1.165, 1.54) is 23.1 Å². The zero-order chi connectivity index (χ0) is 13.1. The Kier molecular flexibility index (Phi) is 3.70. The van der Waals surface area contributed by atoms with Gasteiger partial charge < -0.3 is 15.3 Å². The van der Waals surface area contributed by atoms with E-state index >= 15 is 0 Å². The highest BCUT2D eigenvalue weighted by molar-refractivity contribution is 6.32. The molecule has 1 aromatic carbocycles. The van der Waals surface area contributed by atoms with Crippen LogP contribution in [0.2, 0.25) is 5.02 Å². The Balaban J connectivity index is 2.24. The molecular formula is C12H12ClN3O2. The average Bonchev–Trinajstić information content (AvgIpc) is 2.41. The molecule has 0 bridgehead atoms. The Hall–Kier alpha value is -1.77. The molecule has 2 N–H and O–H groups in total. The topological polar surface area (TPSA) is 76.4 Å². The van der Waals surface area contributed by atoms with Gasteiger partial charge in [-0.2, -0.15) is 5.26 Å². The van der Waals surface area contributed by atoms with E-state index in [-0.39, 0.29) is 16.7 Å². The molecule has 5 nitrogen and oxygen atoms in total. The lowest BCUT2D eigenvalue weighted by atomic mass is 10.1. The number of aromatic hydroxyl groups is 1. The van der Waals surface area contributed by atoms with Crippen LogP contribution in [0.5, 0.6) is 5.75 Å². The van der Waals surface area contributed by atoms with Crippen molar-refractivity contribution < 1.29 is 9.90 Å². The smallest absolute Gasteiger partial charge is 0.255 e. The summed E-state index contributed by atoms with van der Waals surface area (Å²) in [5.74, 6) is -0.310. The lowest BCUT2D eigenvalue weighted by Crippen LogP contribution is -2.53. The third-order valence-corrected chi connectivity index (χ3v) is 3.15. The van der Waals surface area contributed by atoms with Crippen molar-refractivity contribution in [2.45, 2.75) is 6.04 Å². The minimum Gasteiger partial charge on any atom is -0.506 e. The number of benzene rings is 1. The molecule has 1 atom stereocenters. The summed E-state index contributed by atoms with van der Waals surface area (Å²) in [7, 11) is 0. The summed E-state index contributed by atoms with van der Waals surface area (Å²) in [6.07, 6.45) is 0. The van der Waals surface area contributed by atoms with Crippen LogP contribution in [0.4, 0.5) is 0 Å². The number of carbonyl (C=O) groups is 1. The number of hydrogen-bond donors (Lipinski definition) is 2. The molecule has 0 radical (unpaired) electrons. The van der Waals surface area contributed by atoms with Gasteiger partial charge in [0.15, 0.2) is 0 Å². The molecule has 1 aromatic rings. The van der Waals surface area contributed by atoms with E-state index < -0.39 is 6.04 Å². The van der Waals surface area contributed by atoms with Gasteiger partial charge >= 0.3 is 0 Å². The molecule has 0 saturated carbocycles. The first-order chi connectivity index (χ1) is 8.63. The van der Waals surface area contributed by atoms with Crippen molar-refractivity contribution in [2.24, 2.45) is 0 Å². The van der Waals surface area contributed by atoms with E-state index in [1.807, 2.05) is 0 Å². The van der Waals surface area contributed by atoms with Gasteiger partial charge in [-0.1, -0.05) is 11.6 Å². The highest BCUT2D eigenvalue weighted by Crippen LogP contribution is 2.24. The highest BCUT2D eigenvalue weighted by Gasteiger charge is 2.27. The predicted octanol–water partition coefficient (Wildman–Crippen LogP) is 0.983. The second-order valence-corrected chi connectivity index (χ2v) is 4.42. The predicted molar refractivity (Wildman–Crippen MR) is 66.4 cm³/mol. The minimum atomic E-state index is -0.473. The first-order valence-electron chi connectivity index (χ1n) is 5.53. The summed E-state index contributed by atoms with van der Waals surface area (Å²) in [6, 6.07) is 5.90. The van der Waals surface area contributed by atoms with E-state index in [9.17, 15) is 9.90 Å². The first kappa shape index (κ1) is 12.7. The van der Waals surface area contributed by atoms with Crippen molar-refractivity contribution in [3.8, 4) is 11.8 Å². The zero-order valence-corrected chi connectivity index (χ0v) is 10.3. The van der Waals surface area contributed by atoms with Gasteiger partial charge in [0.2, 0.25) is 0 Å². The fourth-order valence-corrected chi connectivity index (χ4v) is 2.05. The Morgan fingerprint density at radius 3 is 3.06 bits per heavy atom. The second kappa shape index (κ2) is 5.25. The number of phenolic OH excluding ortho intramolecular Hbond substituents is 1. The summed E-state index contributed by atoms with van der Waals surface area (Å²) in [5.41, 5.74) is 0.375. The number of nitrogens with one attached hydrogen (secondary N) is 1. The Bertz CT molecular complexity index is 513. The van der Waals surface area contributed by atoms with Crippen LogP contribution in [0.25, 0.3) is 0 Å². The molecule has 0 aliphatic carbocycles. The maximum absolute atomic E-state index is 12.2. The van der Waals surface area contributed by atoms with Crippen LogP contribution < -0.4 is 5.32 Å². The van der Waals surface area contributed by atoms with Crippen molar-refractivity contribution in [3.63, 3.8) is 0 Å². The van der Waals surface area contributed by atoms with E-state index in [1.54, 1.807) is 0 Å². The molecule has 1 amide bonds. The summed E-state index contributed by atoms with van der Waals surface area (Å²) in [5, 5.41) is 21.5. The molecule has 0 spiro atoms. The summed E-state index contributed by atoms with van der Waals surface area (Å²) < 4.78 is 0. The van der Waals surface area contributed by atoms with Crippen molar-refractivity contribution >= 4 is 17.5 Å². The van der Waals surface area contributed by atoms with Gasteiger partial charge in [-0.25, -0.2) is 0 Å². The Morgan fingerprint density at radius 1 is 1.61 bits per heavy atom. The number of nitriles is 1. The van der Waals surface area contributed by atoms with Crippen molar-refractivity contribution in [2.75, 3.05) is 19.6 Å². The molecule has 1 unspecified atom stereocenters. The molecule has 0 aromatic heterocycles. The van der Waals surface area contributed by atoms with Gasteiger partial charge in [-0.3, -0.25) is 4.79 Å². The van der Waals surface area contributed by atoms with Gasteiger partial charge in [-0.15, -0.1) is 0 Å². The summed E-state index contributed by atoms with van der Waals surface area (Å²) in [4.78, 5) is 13.8. The number of carbonyl (C=O) groups excluding carboxylic acids is 1. The summed E-state index contributed by atoms with van der Waals surface area (Å²) in [6.45, 7) is 1.61. The number of nitrogens with zero attached hydrogens (tertiary/aromatic N) is 2. The molecule has 1 saturated heterocycles. The van der Waals surface area contributed by atoms with Crippen LogP contribution in [-0.2, 0) is 0 Å². The maximum Gasteiger partial charge on any atom is 0.255 e. The molecule has 6 heteroatoms. The Labute approximate surface area is 110 Å². The van der Waals surface area contributed by atoms with E-state index in [4.69, 9.17) is 16.9 Å². The van der Waals surface area contributed by atoms with E-state index in [0.29, 0.717) is 25.2 Å². The van der Waals surface area contributed by atoms with Gasteiger partial charge in [0, 0.05) is 25.2 Å². The number of amides is 1. The van der Waals surface area contributed by atoms with Crippen LogP contribution in [0, 0.1) is 11.3 Å². The summed E-state index contributed by atoms with van der Waals surface area (Å²) >= 11 is 5.77. The van der Waals surface area contributed by atoms with Gasteiger partial charge in [0.25, 0.3) is 5.91 Å². The zero-order valence-electron chi connectivity index (χ0n) is 9.56. The first-order valence-corrected chi connectivity index (χ1v) is 5.91. The largest absolute Gasteiger partial charge is 0.506 e. The van der Waals surface area contributed by atoms with E-state index in [0.717, 1.165) is 0 Å². The molecule has 18 heavy (non-hydrogen) atoms.